The zero-order valence-corrected chi connectivity index (χ0v) is 11.7. The van der Waals surface area contributed by atoms with E-state index in [0.717, 1.165) is 5.56 Å². The highest BCUT2D eigenvalue weighted by Crippen LogP contribution is 2.32. The van der Waals surface area contributed by atoms with Gasteiger partial charge in [0.25, 0.3) is 0 Å². The normalized spacial score (nSPS) is 20.3. The molecule has 0 aliphatic carbocycles. The zero-order chi connectivity index (χ0) is 14.2. The second-order valence-corrected chi connectivity index (χ2v) is 6.64. The largest absolute Gasteiger partial charge is 0.311 e. The molecule has 6 heteroatoms. The number of carbonyl (C=O) groups excluding carboxylic acids is 1. The van der Waals surface area contributed by atoms with Crippen molar-refractivity contribution in [3.8, 4) is 0 Å². The van der Waals surface area contributed by atoms with Crippen LogP contribution in [0.15, 0.2) is 24.3 Å². The zero-order valence-electron chi connectivity index (χ0n) is 10.8. The van der Waals surface area contributed by atoms with Gasteiger partial charge in [-0.15, -0.1) is 3.89 Å². The number of rotatable bonds is 3. The summed E-state index contributed by atoms with van der Waals surface area (Å²) in [6.07, 6.45) is -0.286. The predicted molar refractivity (Wildman–Crippen MR) is 71.3 cm³/mol. The maximum absolute atomic E-state index is 13.0. The second kappa shape index (κ2) is 4.92. The van der Waals surface area contributed by atoms with Crippen LogP contribution in [0.25, 0.3) is 0 Å². The summed E-state index contributed by atoms with van der Waals surface area (Å²) in [6, 6.07) is 7.31. The van der Waals surface area contributed by atoms with E-state index >= 15 is 0 Å². The van der Waals surface area contributed by atoms with Gasteiger partial charge in [0, 0.05) is 18.7 Å². The molecule has 2 rings (SSSR count). The third-order valence-corrected chi connectivity index (χ3v) is 4.45. The van der Waals surface area contributed by atoms with Gasteiger partial charge in [0.15, 0.2) is 0 Å². The van der Waals surface area contributed by atoms with Crippen molar-refractivity contribution in [2.45, 2.75) is 31.4 Å². The van der Waals surface area contributed by atoms with Crippen LogP contribution in [0.4, 0.5) is 9.57 Å². The third kappa shape index (κ3) is 2.78. The fraction of sp³-hybridized carbons (Fsp3) is 0.462. The molecule has 104 valence electrons. The van der Waals surface area contributed by atoms with Crippen molar-refractivity contribution >= 4 is 21.8 Å². The summed E-state index contributed by atoms with van der Waals surface area (Å²) in [7, 11) is -4.67. The minimum atomic E-state index is -4.67. The van der Waals surface area contributed by atoms with Gasteiger partial charge in [-0.1, -0.05) is 32.0 Å². The number of amides is 1. The number of hydrogen-bond donors (Lipinski definition) is 0. The Labute approximate surface area is 112 Å². The van der Waals surface area contributed by atoms with Crippen LogP contribution in [-0.4, -0.2) is 26.1 Å². The van der Waals surface area contributed by atoms with E-state index in [1.807, 2.05) is 26.0 Å². The van der Waals surface area contributed by atoms with Gasteiger partial charge in [0.05, 0.1) is 0 Å². The Hall–Kier alpha value is -1.43. The van der Waals surface area contributed by atoms with Crippen molar-refractivity contribution in [2.24, 2.45) is 0 Å². The number of carbonyl (C=O) groups is 1. The van der Waals surface area contributed by atoms with E-state index in [2.05, 4.69) is 0 Å². The van der Waals surface area contributed by atoms with Gasteiger partial charge in [-0.25, -0.2) is 0 Å². The molecule has 1 saturated heterocycles. The van der Waals surface area contributed by atoms with Crippen molar-refractivity contribution < 1.29 is 17.1 Å². The van der Waals surface area contributed by atoms with Crippen molar-refractivity contribution in [2.75, 3.05) is 11.4 Å². The highest BCUT2D eigenvalue weighted by atomic mass is 32.3. The molecule has 1 aliphatic heterocycles. The summed E-state index contributed by atoms with van der Waals surface area (Å²) in [5.41, 5.74) is 1.63. The van der Waals surface area contributed by atoms with Gasteiger partial charge in [-0.3, -0.25) is 4.79 Å². The van der Waals surface area contributed by atoms with Crippen LogP contribution in [0.5, 0.6) is 0 Å². The molecule has 0 bridgehead atoms. The van der Waals surface area contributed by atoms with Crippen molar-refractivity contribution in [3.05, 3.63) is 29.8 Å². The van der Waals surface area contributed by atoms with E-state index in [4.69, 9.17) is 0 Å². The summed E-state index contributed by atoms with van der Waals surface area (Å²) < 4.78 is 34.9. The summed E-state index contributed by atoms with van der Waals surface area (Å²) in [5, 5.41) is -1.25. The first-order chi connectivity index (χ1) is 8.80. The molecule has 0 aromatic heterocycles. The maximum atomic E-state index is 13.0. The number of halogens is 1. The minimum absolute atomic E-state index is 0.110. The Morgan fingerprint density at radius 1 is 1.32 bits per heavy atom. The Morgan fingerprint density at radius 3 is 2.47 bits per heavy atom. The molecular formula is C13H16FNO3S. The average molecular weight is 285 g/mol. The summed E-state index contributed by atoms with van der Waals surface area (Å²) >= 11 is 0. The van der Waals surface area contributed by atoms with Gasteiger partial charge >= 0.3 is 10.2 Å². The summed E-state index contributed by atoms with van der Waals surface area (Å²) in [6.45, 7) is 3.87. The van der Waals surface area contributed by atoms with Gasteiger partial charge in [0.1, 0.15) is 5.25 Å². The van der Waals surface area contributed by atoms with Gasteiger partial charge in [-0.05, 0) is 17.5 Å². The molecule has 1 heterocycles. The smallest absolute Gasteiger partial charge is 0.307 e. The Morgan fingerprint density at radius 2 is 1.95 bits per heavy atom. The lowest BCUT2D eigenvalue weighted by Crippen LogP contribution is -2.28. The lowest BCUT2D eigenvalue weighted by Gasteiger charge is -2.21. The van der Waals surface area contributed by atoms with Gasteiger partial charge in [0.2, 0.25) is 5.91 Å². The van der Waals surface area contributed by atoms with E-state index in [1.165, 1.54) is 4.90 Å². The summed E-state index contributed by atoms with van der Waals surface area (Å²) in [4.78, 5) is 13.3. The number of para-hydroxylation sites is 1. The first-order valence-corrected chi connectivity index (χ1v) is 7.58. The highest BCUT2D eigenvalue weighted by molar-refractivity contribution is 7.87. The number of nitrogens with zero attached hydrogens (tertiary/aromatic N) is 1. The van der Waals surface area contributed by atoms with Crippen LogP contribution < -0.4 is 4.90 Å². The molecule has 1 aliphatic rings. The molecule has 19 heavy (non-hydrogen) atoms. The van der Waals surface area contributed by atoms with E-state index in [1.54, 1.807) is 12.1 Å². The van der Waals surface area contributed by atoms with E-state index in [9.17, 15) is 17.1 Å². The molecule has 0 N–H and O–H groups in total. The number of hydrogen-bond acceptors (Lipinski definition) is 3. The fourth-order valence-electron chi connectivity index (χ4n) is 2.32. The van der Waals surface area contributed by atoms with Crippen molar-refractivity contribution in [1.29, 1.82) is 0 Å². The Balaban J connectivity index is 2.36. The highest BCUT2D eigenvalue weighted by Gasteiger charge is 2.39. The topological polar surface area (TPSA) is 54.5 Å². The maximum Gasteiger partial charge on any atom is 0.307 e. The first-order valence-electron chi connectivity index (χ1n) is 6.13. The SMILES string of the molecule is CC(C)c1ccccc1N1CC(S(=O)(=O)F)CC1=O. The first kappa shape index (κ1) is 14.0. The monoisotopic (exact) mass is 285 g/mol. The second-order valence-electron chi connectivity index (χ2n) is 5.02. The van der Waals surface area contributed by atoms with E-state index in [0.29, 0.717) is 5.69 Å². The molecule has 1 unspecified atom stereocenters. The number of benzene rings is 1. The Kier molecular flexibility index (Phi) is 3.62. The Bertz CT molecular complexity index is 598. The van der Waals surface area contributed by atoms with Crippen LogP contribution >= 0.6 is 0 Å². The molecule has 0 spiro atoms. The molecule has 1 amide bonds. The molecule has 0 radical (unpaired) electrons. The van der Waals surface area contributed by atoms with Crippen LogP contribution in [0.2, 0.25) is 0 Å². The van der Waals surface area contributed by atoms with E-state index < -0.39 is 15.5 Å². The quantitative estimate of drug-likeness (QED) is 0.800. The van der Waals surface area contributed by atoms with Crippen LogP contribution in [-0.2, 0) is 15.0 Å². The van der Waals surface area contributed by atoms with Crippen molar-refractivity contribution in [1.82, 2.24) is 0 Å². The van der Waals surface area contributed by atoms with Gasteiger partial charge in [-0.2, -0.15) is 8.42 Å². The number of anilines is 1. The van der Waals surface area contributed by atoms with Crippen LogP contribution in [0.3, 0.4) is 0 Å². The molecule has 1 fully saturated rings. The molecule has 1 aromatic rings. The lowest BCUT2D eigenvalue weighted by atomic mass is 10.0. The molecule has 1 atom stereocenters. The minimum Gasteiger partial charge on any atom is -0.311 e. The van der Waals surface area contributed by atoms with Crippen LogP contribution in [0.1, 0.15) is 31.7 Å². The average Bonchev–Trinajstić information content (AvgIpc) is 2.71. The molecule has 0 saturated carbocycles. The summed E-state index contributed by atoms with van der Waals surface area (Å²) in [5.74, 6) is -0.149. The lowest BCUT2D eigenvalue weighted by molar-refractivity contribution is -0.117. The standard InChI is InChI=1S/C13H16FNO3S/c1-9(2)11-5-3-4-6-12(11)15-8-10(7-13(15)16)19(14,17)18/h3-6,9-10H,7-8H2,1-2H3. The predicted octanol–water partition coefficient (Wildman–Crippen LogP) is 2.21. The van der Waals surface area contributed by atoms with Gasteiger partial charge < -0.3 is 4.90 Å². The molecule has 1 aromatic carbocycles. The molecule has 4 nitrogen and oxygen atoms in total. The fourth-order valence-corrected chi connectivity index (χ4v) is 2.99. The van der Waals surface area contributed by atoms with Crippen LogP contribution in [0, 0.1) is 0 Å². The van der Waals surface area contributed by atoms with E-state index in [-0.39, 0.29) is 24.8 Å². The van der Waals surface area contributed by atoms with Crippen molar-refractivity contribution in [3.63, 3.8) is 0 Å². The molecular weight excluding hydrogens is 269 g/mol. The third-order valence-electron chi connectivity index (χ3n) is 3.34.